The normalized spacial score (nSPS) is 16.6. The first-order valence-electron chi connectivity index (χ1n) is 11.2. The van der Waals surface area contributed by atoms with E-state index in [4.69, 9.17) is 4.98 Å². The van der Waals surface area contributed by atoms with Gasteiger partial charge in [-0.25, -0.2) is 13.8 Å². The molecule has 1 amide bonds. The van der Waals surface area contributed by atoms with Gasteiger partial charge in [0.2, 0.25) is 5.91 Å². The number of fused-ring (bicyclic) bond motifs is 1. The van der Waals surface area contributed by atoms with Crippen LogP contribution in [0.1, 0.15) is 18.7 Å². The fraction of sp³-hybridized carbons (Fsp3) is 0.231. The van der Waals surface area contributed by atoms with Crippen LogP contribution in [0.25, 0.3) is 16.7 Å². The summed E-state index contributed by atoms with van der Waals surface area (Å²) in [5.74, 6) is -1.10. The third-order valence-electron chi connectivity index (χ3n) is 6.13. The number of imidazole rings is 1. The standard InChI is InChI=1S/C26H23BrF2N4O/c27-18-6-3-7-20(13-18)33-24-9-2-1-8-23(24)30-25(33)16-32-12-4-5-17(15-32)26(34)31-22-11-10-19(28)14-21(22)29/h1-3,6-11,13-14,17H,4-5,12,15-16H2,(H,31,34)/t17-/m1/s1. The highest BCUT2D eigenvalue weighted by Crippen LogP contribution is 2.27. The van der Waals surface area contributed by atoms with E-state index in [1.54, 1.807) is 0 Å². The van der Waals surface area contributed by atoms with Gasteiger partial charge in [0.05, 0.1) is 29.2 Å². The molecule has 0 spiro atoms. The second-order valence-electron chi connectivity index (χ2n) is 8.52. The summed E-state index contributed by atoms with van der Waals surface area (Å²) in [7, 11) is 0. The van der Waals surface area contributed by atoms with E-state index in [0.29, 0.717) is 19.5 Å². The van der Waals surface area contributed by atoms with E-state index >= 15 is 0 Å². The zero-order chi connectivity index (χ0) is 23.7. The Morgan fingerprint density at radius 1 is 1.09 bits per heavy atom. The molecule has 1 saturated heterocycles. The molecule has 0 unspecified atom stereocenters. The van der Waals surface area contributed by atoms with Gasteiger partial charge in [-0.15, -0.1) is 0 Å². The molecule has 0 bridgehead atoms. The summed E-state index contributed by atoms with van der Waals surface area (Å²) in [4.78, 5) is 19.9. The molecule has 4 aromatic rings. The number of rotatable bonds is 5. The van der Waals surface area contributed by atoms with Gasteiger partial charge in [0, 0.05) is 22.8 Å². The molecule has 1 aliphatic heterocycles. The van der Waals surface area contributed by atoms with Crippen LogP contribution in [0.4, 0.5) is 14.5 Å². The molecular weight excluding hydrogens is 502 g/mol. The largest absolute Gasteiger partial charge is 0.323 e. The van der Waals surface area contributed by atoms with Crippen molar-refractivity contribution in [2.75, 3.05) is 18.4 Å². The van der Waals surface area contributed by atoms with Crippen molar-refractivity contribution in [2.24, 2.45) is 5.92 Å². The number of hydrogen-bond acceptors (Lipinski definition) is 3. The lowest BCUT2D eigenvalue weighted by atomic mass is 9.97. The van der Waals surface area contributed by atoms with Crippen LogP contribution in [0.2, 0.25) is 0 Å². The molecule has 1 atom stereocenters. The molecule has 5 nitrogen and oxygen atoms in total. The molecule has 34 heavy (non-hydrogen) atoms. The number of para-hydroxylation sites is 2. The van der Waals surface area contributed by atoms with Crippen LogP contribution in [0.3, 0.4) is 0 Å². The lowest BCUT2D eigenvalue weighted by Gasteiger charge is -2.31. The number of likely N-dealkylation sites (tertiary alicyclic amines) is 1. The SMILES string of the molecule is O=C(Nc1ccc(F)cc1F)[C@@H]1CCCN(Cc2nc3ccccc3n2-c2cccc(Br)c2)C1. The molecular formula is C26H23BrF2N4O. The minimum absolute atomic E-state index is 0.0000272. The molecule has 0 aliphatic carbocycles. The molecule has 1 aliphatic rings. The van der Waals surface area contributed by atoms with Crippen molar-refractivity contribution in [3.63, 3.8) is 0 Å². The van der Waals surface area contributed by atoms with Gasteiger partial charge >= 0.3 is 0 Å². The summed E-state index contributed by atoms with van der Waals surface area (Å²) in [5.41, 5.74) is 2.94. The van der Waals surface area contributed by atoms with Crippen LogP contribution >= 0.6 is 15.9 Å². The van der Waals surface area contributed by atoms with Gasteiger partial charge < -0.3 is 5.32 Å². The number of benzene rings is 3. The third kappa shape index (κ3) is 4.74. The van der Waals surface area contributed by atoms with Crippen LogP contribution in [-0.4, -0.2) is 33.4 Å². The first-order valence-corrected chi connectivity index (χ1v) is 12.0. The van der Waals surface area contributed by atoms with Crippen molar-refractivity contribution < 1.29 is 13.6 Å². The summed E-state index contributed by atoms with van der Waals surface area (Å²) in [5, 5.41) is 2.62. The van der Waals surface area contributed by atoms with E-state index in [9.17, 15) is 13.6 Å². The van der Waals surface area contributed by atoms with Crippen molar-refractivity contribution >= 4 is 38.6 Å². The number of nitrogens with one attached hydrogen (secondary N) is 1. The highest BCUT2D eigenvalue weighted by Gasteiger charge is 2.27. The van der Waals surface area contributed by atoms with Crippen LogP contribution < -0.4 is 5.32 Å². The van der Waals surface area contributed by atoms with Crippen LogP contribution in [-0.2, 0) is 11.3 Å². The number of hydrogen-bond donors (Lipinski definition) is 1. The fourth-order valence-corrected chi connectivity index (χ4v) is 4.91. The van der Waals surface area contributed by atoms with Crippen LogP contribution in [0.15, 0.2) is 71.2 Å². The zero-order valence-electron chi connectivity index (χ0n) is 18.3. The minimum Gasteiger partial charge on any atom is -0.323 e. The molecule has 8 heteroatoms. The average Bonchev–Trinajstić information content (AvgIpc) is 3.18. The Balaban J connectivity index is 1.37. The number of carbonyl (C=O) groups is 1. The number of anilines is 1. The molecule has 174 valence electrons. The molecule has 0 saturated carbocycles. The second kappa shape index (κ2) is 9.64. The molecule has 0 radical (unpaired) electrons. The van der Waals surface area contributed by atoms with Crippen molar-refractivity contribution in [1.29, 1.82) is 0 Å². The first kappa shape index (κ1) is 22.7. The predicted octanol–water partition coefficient (Wildman–Crippen LogP) is 5.92. The molecule has 3 aromatic carbocycles. The number of halogens is 3. The second-order valence-corrected chi connectivity index (χ2v) is 9.44. The summed E-state index contributed by atoms with van der Waals surface area (Å²) < 4.78 is 30.3. The van der Waals surface area contributed by atoms with Crippen molar-refractivity contribution in [3.05, 3.63) is 88.7 Å². The maximum absolute atomic E-state index is 14.0. The lowest BCUT2D eigenvalue weighted by Crippen LogP contribution is -2.40. The first-order chi connectivity index (χ1) is 16.5. The number of carbonyl (C=O) groups excluding carboxylic acids is 1. The Bertz CT molecular complexity index is 1360. The lowest BCUT2D eigenvalue weighted by molar-refractivity contribution is -0.121. The van der Waals surface area contributed by atoms with Crippen molar-refractivity contribution in [3.8, 4) is 5.69 Å². The third-order valence-corrected chi connectivity index (χ3v) is 6.62. The monoisotopic (exact) mass is 524 g/mol. The zero-order valence-corrected chi connectivity index (χ0v) is 19.9. The Hall–Kier alpha value is -3.10. The smallest absolute Gasteiger partial charge is 0.228 e. The summed E-state index contributed by atoms with van der Waals surface area (Å²) in [6.45, 7) is 1.96. The minimum atomic E-state index is -0.774. The predicted molar refractivity (Wildman–Crippen MR) is 132 cm³/mol. The van der Waals surface area contributed by atoms with E-state index in [-0.39, 0.29) is 17.5 Å². The van der Waals surface area contributed by atoms with Crippen molar-refractivity contribution in [1.82, 2.24) is 14.5 Å². The molecule has 2 heterocycles. The van der Waals surface area contributed by atoms with E-state index in [0.717, 1.165) is 52.1 Å². The van der Waals surface area contributed by atoms with E-state index < -0.39 is 11.6 Å². The van der Waals surface area contributed by atoms with Gasteiger partial charge in [-0.1, -0.05) is 34.1 Å². The Morgan fingerprint density at radius 3 is 2.76 bits per heavy atom. The average molecular weight is 525 g/mol. The van der Waals surface area contributed by atoms with E-state index in [1.165, 1.54) is 6.07 Å². The summed E-state index contributed by atoms with van der Waals surface area (Å²) in [6, 6.07) is 19.3. The summed E-state index contributed by atoms with van der Waals surface area (Å²) >= 11 is 3.56. The van der Waals surface area contributed by atoms with Crippen molar-refractivity contribution in [2.45, 2.75) is 19.4 Å². The summed E-state index contributed by atoms with van der Waals surface area (Å²) in [6.07, 6.45) is 1.56. The fourth-order valence-electron chi connectivity index (χ4n) is 4.52. The molecule has 5 rings (SSSR count). The maximum atomic E-state index is 14.0. The Morgan fingerprint density at radius 2 is 1.94 bits per heavy atom. The molecule has 1 aromatic heterocycles. The highest BCUT2D eigenvalue weighted by atomic mass is 79.9. The van der Waals surface area contributed by atoms with Gasteiger partial charge in [0.15, 0.2) is 0 Å². The number of amides is 1. The maximum Gasteiger partial charge on any atom is 0.228 e. The quantitative estimate of drug-likeness (QED) is 0.352. The van der Waals surface area contributed by atoms with Crippen LogP contribution in [0, 0.1) is 17.6 Å². The van der Waals surface area contributed by atoms with Gasteiger partial charge in [0.25, 0.3) is 0 Å². The van der Waals surface area contributed by atoms with Gasteiger partial charge in [-0.05, 0) is 61.9 Å². The number of piperidine rings is 1. The number of aromatic nitrogens is 2. The van der Waals surface area contributed by atoms with E-state index in [1.807, 2.05) is 36.4 Å². The Labute approximate surface area is 204 Å². The number of nitrogens with zero attached hydrogens (tertiary/aromatic N) is 3. The highest BCUT2D eigenvalue weighted by molar-refractivity contribution is 9.10. The van der Waals surface area contributed by atoms with Gasteiger partial charge in [0.1, 0.15) is 17.5 Å². The van der Waals surface area contributed by atoms with E-state index in [2.05, 4.69) is 42.8 Å². The molecule has 1 N–H and O–H groups in total. The molecule has 1 fully saturated rings. The Kier molecular flexibility index (Phi) is 6.43. The van der Waals surface area contributed by atoms with Gasteiger partial charge in [-0.2, -0.15) is 0 Å². The van der Waals surface area contributed by atoms with Crippen LogP contribution in [0.5, 0.6) is 0 Å². The van der Waals surface area contributed by atoms with Gasteiger partial charge in [-0.3, -0.25) is 14.3 Å². The topological polar surface area (TPSA) is 50.2 Å².